The third-order valence-electron chi connectivity index (χ3n) is 2.89. The van der Waals surface area contributed by atoms with Gasteiger partial charge in [0.1, 0.15) is 5.75 Å². The van der Waals surface area contributed by atoms with Gasteiger partial charge in [0.15, 0.2) is 0 Å². The number of ether oxygens (including phenoxy) is 1. The van der Waals surface area contributed by atoms with Crippen molar-refractivity contribution in [2.24, 2.45) is 0 Å². The quantitative estimate of drug-likeness (QED) is 0.676. The van der Waals surface area contributed by atoms with Crippen LogP contribution < -0.4 is 10.1 Å². The van der Waals surface area contributed by atoms with E-state index < -0.39 is 0 Å². The number of alkyl halides is 1. The van der Waals surface area contributed by atoms with Crippen LogP contribution in [0.2, 0.25) is 5.02 Å². The van der Waals surface area contributed by atoms with E-state index >= 15 is 0 Å². The molecule has 0 bridgehead atoms. The standard InChI is InChI=1S/C12H17BrClNO/c1-7-8(2)12(16-4)10(5-15-6-13)9(3)11(7)14/h15H,5-6H2,1-4H3. The van der Waals surface area contributed by atoms with Crippen molar-refractivity contribution < 1.29 is 4.74 Å². The predicted octanol–water partition coefficient (Wildman–Crippen LogP) is 3.72. The Balaban J connectivity index is 3.33. The largest absolute Gasteiger partial charge is 0.496 e. The topological polar surface area (TPSA) is 21.3 Å². The molecule has 0 aromatic heterocycles. The summed E-state index contributed by atoms with van der Waals surface area (Å²) in [7, 11) is 1.70. The molecule has 1 N–H and O–H groups in total. The summed E-state index contributed by atoms with van der Waals surface area (Å²) in [6.07, 6.45) is 0. The molecule has 0 atom stereocenters. The van der Waals surface area contributed by atoms with Gasteiger partial charge in [0, 0.05) is 17.1 Å². The van der Waals surface area contributed by atoms with Crippen LogP contribution in [0, 0.1) is 20.8 Å². The Morgan fingerprint density at radius 3 is 2.31 bits per heavy atom. The zero-order valence-corrected chi connectivity index (χ0v) is 12.4. The first kappa shape index (κ1) is 13.8. The smallest absolute Gasteiger partial charge is 0.126 e. The molecule has 16 heavy (non-hydrogen) atoms. The molecule has 0 unspecified atom stereocenters. The second-order valence-corrected chi connectivity index (χ2v) is 4.70. The molecule has 0 saturated heterocycles. The van der Waals surface area contributed by atoms with Crippen molar-refractivity contribution in [3.63, 3.8) is 0 Å². The summed E-state index contributed by atoms with van der Waals surface area (Å²) in [5.74, 6) is 0.938. The van der Waals surface area contributed by atoms with Crippen molar-refractivity contribution in [1.29, 1.82) is 0 Å². The summed E-state index contributed by atoms with van der Waals surface area (Å²) >= 11 is 9.65. The summed E-state index contributed by atoms with van der Waals surface area (Å²) in [5.41, 5.74) is 5.19. The van der Waals surface area contributed by atoms with Crippen molar-refractivity contribution in [3.8, 4) is 5.75 Å². The number of rotatable bonds is 4. The maximum absolute atomic E-state index is 6.30. The molecule has 0 heterocycles. The van der Waals surface area contributed by atoms with Gasteiger partial charge in [-0.25, -0.2) is 0 Å². The van der Waals surface area contributed by atoms with E-state index in [1.54, 1.807) is 7.11 Å². The minimum absolute atomic E-state index is 0.750. The van der Waals surface area contributed by atoms with Gasteiger partial charge in [-0.05, 0) is 37.5 Å². The van der Waals surface area contributed by atoms with Crippen molar-refractivity contribution >= 4 is 27.5 Å². The molecule has 1 rings (SSSR count). The lowest BCUT2D eigenvalue weighted by Gasteiger charge is -2.18. The van der Waals surface area contributed by atoms with Gasteiger partial charge in [0.25, 0.3) is 0 Å². The molecule has 0 fully saturated rings. The van der Waals surface area contributed by atoms with E-state index in [0.717, 1.165) is 45.0 Å². The highest BCUT2D eigenvalue weighted by molar-refractivity contribution is 9.09. The molecule has 0 saturated carbocycles. The van der Waals surface area contributed by atoms with Crippen LogP contribution in [0.1, 0.15) is 22.3 Å². The first-order valence-electron chi connectivity index (χ1n) is 5.13. The summed E-state index contributed by atoms with van der Waals surface area (Å²) in [6.45, 7) is 6.84. The zero-order valence-electron chi connectivity index (χ0n) is 10.1. The summed E-state index contributed by atoms with van der Waals surface area (Å²) in [6, 6.07) is 0. The van der Waals surface area contributed by atoms with Gasteiger partial charge in [0.2, 0.25) is 0 Å². The first-order valence-corrected chi connectivity index (χ1v) is 6.63. The Kier molecular flexibility index (Phi) is 5.09. The number of halogens is 2. The molecule has 4 heteroatoms. The molecule has 0 aliphatic carbocycles. The zero-order chi connectivity index (χ0) is 12.3. The minimum Gasteiger partial charge on any atom is -0.496 e. The molecule has 90 valence electrons. The molecule has 2 nitrogen and oxygen atoms in total. The monoisotopic (exact) mass is 305 g/mol. The van der Waals surface area contributed by atoms with Crippen molar-refractivity contribution in [2.75, 3.05) is 12.6 Å². The first-order chi connectivity index (χ1) is 7.54. The molecule has 0 amide bonds. The lowest BCUT2D eigenvalue weighted by molar-refractivity contribution is 0.404. The van der Waals surface area contributed by atoms with E-state index in [2.05, 4.69) is 21.2 Å². The van der Waals surface area contributed by atoms with Gasteiger partial charge in [-0.2, -0.15) is 0 Å². The Labute approximate surface area is 110 Å². The van der Waals surface area contributed by atoms with Gasteiger partial charge in [-0.1, -0.05) is 27.5 Å². The summed E-state index contributed by atoms with van der Waals surface area (Å²) in [5, 5.41) is 4.07. The Hall–Kier alpha value is -0.250. The fourth-order valence-electron chi connectivity index (χ4n) is 1.81. The molecular weight excluding hydrogens is 289 g/mol. The van der Waals surface area contributed by atoms with E-state index in [1.807, 2.05) is 20.8 Å². The highest BCUT2D eigenvalue weighted by atomic mass is 79.9. The molecule has 1 aromatic rings. The second kappa shape index (κ2) is 5.89. The Morgan fingerprint density at radius 1 is 1.19 bits per heavy atom. The van der Waals surface area contributed by atoms with Crippen molar-refractivity contribution in [2.45, 2.75) is 27.3 Å². The maximum atomic E-state index is 6.30. The van der Waals surface area contributed by atoms with Crippen LogP contribution in [-0.2, 0) is 6.54 Å². The van der Waals surface area contributed by atoms with E-state index in [4.69, 9.17) is 16.3 Å². The minimum atomic E-state index is 0.750. The molecule has 0 radical (unpaired) electrons. The normalized spacial score (nSPS) is 10.6. The van der Waals surface area contributed by atoms with Gasteiger partial charge in [-0.15, -0.1) is 0 Å². The maximum Gasteiger partial charge on any atom is 0.126 e. The summed E-state index contributed by atoms with van der Waals surface area (Å²) < 4.78 is 5.48. The van der Waals surface area contributed by atoms with Crippen LogP contribution in [-0.4, -0.2) is 12.6 Å². The van der Waals surface area contributed by atoms with E-state index in [1.165, 1.54) is 0 Å². The predicted molar refractivity (Wildman–Crippen MR) is 72.8 cm³/mol. The van der Waals surface area contributed by atoms with E-state index in [-0.39, 0.29) is 0 Å². The van der Waals surface area contributed by atoms with E-state index in [9.17, 15) is 0 Å². The number of hydrogen-bond donors (Lipinski definition) is 1. The number of nitrogens with one attached hydrogen (secondary N) is 1. The molecular formula is C12H17BrClNO. The second-order valence-electron chi connectivity index (χ2n) is 3.76. The van der Waals surface area contributed by atoms with Crippen molar-refractivity contribution in [1.82, 2.24) is 5.32 Å². The van der Waals surface area contributed by atoms with Gasteiger partial charge in [0.05, 0.1) is 12.6 Å². The average molecular weight is 307 g/mol. The number of benzene rings is 1. The number of hydrogen-bond acceptors (Lipinski definition) is 2. The fraction of sp³-hybridized carbons (Fsp3) is 0.500. The SMILES string of the molecule is COc1c(C)c(C)c(Cl)c(C)c1CNCBr. The average Bonchev–Trinajstić information content (AvgIpc) is 2.29. The molecule has 0 spiro atoms. The highest BCUT2D eigenvalue weighted by Gasteiger charge is 2.16. The third-order valence-corrected chi connectivity index (χ3v) is 3.85. The van der Waals surface area contributed by atoms with Crippen LogP contribution >= 0.6 is 27.5 Å². The Morgan fingerprint density at radius 2 is 1.81 bits per heavy atom. The Bertz CT molecular complexity index is 393. The van der Waals surface area contributed by atoms with Gasteiger partial charge in [-0.3, -0.25) is 0 Å². The highest BCUT2D eigenvalue weighted by Crippen LogP contribution is 2.35. The van der Waals surface area contributed by atoms with Crippen LogP contribution in [0.3, 0.4) is 0 Å². The van der Waals surface area contributed by atoms with Gasteiger partial charge < -0.3 is 10.1 Å². The molecule has 0 aliphatic rings. The van der Waals surface area contributed by atoms with Crippen LogP contribution in [0.15, 0.2) is 0 Å². The molecule has 0 aliphatic heterocycles. The van der Waals surface area contributed by atoms with Crippen molar-refractivity contribution in [3.05, 3.63) is 27.3 Å². The molecule has 1 aromatic carbocycles. The number of methoxy groups -OCH3 is 1. The van der Waals surface area contributed by atoms with Gasteiger partial charge >= 0.3 is 0 Å². The summed E-state index contributed by atoms with van der Waals surface area (Å²) in [4.78, 5) is 0. The van der Waals surface area contributed by atoms with Crippen LogP contribution in [0.4, 0.5) is 0 Å². The lowest BCUT2D eigenvalue weighted by atomic mass is 9.98. The van der Waals surface area contributed by atoms with Crippen LogP contribution in [0.25, 0.3) is 0 Å². The fourth-order valence-corrected chi connectivity index (χ4v) is 2.26. The lowest BCUT2D eigenvalue weighted by Crippen LogP contribution is -2.13. The third kappa shape index (κ3) is 2.53. The van der Waals surface area contributed by atoms with E-state index in [0.29, 0.717) is 0 Å². The van der Waals surface area contributed by atoms with Crippen LogP contribution in [0.5, 0.6) is 5.75 Å².